The van der Waals surface area contributed by atoms with E-state index < -0.39 is 53.2 Å². The lowest BCUT2D eigenvalue weighted by Crippen LogP contribution is -2.73. The van der Waals surface area contributed by atoms with Crippen LogP contribution >= 0.6 is 0 Å². The maximum Gasteiger partial charge on any atom is 0.407 e. The van der Waals surface area contributed by atoms with Crippen LogP contribution < -0.4 is 5.32 Å². The lowest BCUT2D eigenvalue weighted by molar-refractivity contribution is -0.370. The summed E-state index contributed by atoms with van der Waals surface area (Å²) in [6.45, 7) is 29.0. The number of rotatable bonds is 9. The van der Waals surface area contributed by atoms with Crippen molar-refractivity contribution in [3.05, 3.63) is 23.8 Å². The Labute approximate surface area is 294 Å². The molecule has 2 aliphatic heterocycles. The van der Waals surface area contributed by atoms with E-state index in [0.717, 1.165) is 17.6 Å². The molecule has 5 aliphatic rings. The van der Waals surface area contributed by atoms with Crippen LogP contribution in [0, 0.1) is 39.9 Å². The summed E-state index contributed by atoms with van der Waals surface area (Å²) in [6, 6.07) is -0.671. The highest BCUT2D eigenvalue weighted by Crippen LogP contribution is 2.73. The van der Waals surface area contributed by atoms with E-state index in [2.05, 4.69) is 39.6 Å². The molecule has 0 aromatic heterocycles. The number of carbonyl (C=O) groups excluding carboxylic acids is 2. The molecule has 1 amide bonds. The lowest BCUT2D eigenvalue weighted by Gasteiger charge is -2.68. The zero-order valence-electron chi connectivity index (χ0n) is 32.2. The summed E-state index contributed by atoms with van der Waals surface area (Å²) < 4.78 is 37.4. The van der Waals surface area contributed by atoms with Gasteiger partial charge in [-0.25, -0.2) is 9.59 Å². The molecule has 2 heterocycles. The molecule has 4 fully saturated rings. The zero-order chi connectivity index (χ0) is 36.6. The van der Waals surface area contributed by atoms with Gasteiger partial charge in [-0.2, -0.15) is 0 Å². The first-order chi connectivity index (χ1) is 22.6. The molecular formula is C39H63NO9. The summed E-state index contributed by atoms with van der Waals surface area (Å²) in [7, 11) is 1.46. The van der Waals surface area contributed by atoms with Crippen LogP contribution in [0.1, 0.15) is 102 Å². The highest BCUT2D eigenvalue weighted by Gasteiger charge is 2.75. The monoisotopic (exact) mass is 689 g/mol. The van der Waals surface area contributed by atoms with Crippen molar-refractivity contribution in [2.24, 2.45) is 39.9 Å². The van der Waals surface area contributed by atoms with Gasteiger partial charge in [0.1, 0.15) is 11.7 Å². The molecule has 0 aromatic rings. The van der Waals surface area contributed by atoms with Gasteiger partial charge in [-0.05, 0) is 77.4 Å². The normalized spacial score (nSPS) is 41.4. The maximum atomic E-state index is 14.2. The number of hydrogen-bond acceptors (Lipinski definition) is 9. The molecule has 3 aliphatic carbocycles. The van der Waals surface area contributed by atoms with E-state index in [0.29, 0.717) is 19.4 Å². The average Bonchev–Trinajstić information content (AvgIpc) is 3.23. The first kappa shape index (κ1) is 38.3. The van der Waals surface area contributed by atoms with E-state index in [1.54, 1.807) is 26.8 Å². The Morgan fingerprint density at radius 1 is 1.12 bits per heavy atom. The van der Waals surface area contributed by atoms with Crippen LogP contribution in [-0.2, 0) is 33.2 Å². The number of methoxy groups -OCH3 is 1. The van der Waals surface area contributed by atoms with Gasteiger partial charge in [-0.1, -0.05) is 53.7 Å². The maximum absolute atomic E-state index is 14.2. The average molecular weight is 690 g/mol. The van der Waals surface area contributed by atoms with Gasteiger partial charge in [0, 0.05) is 42.1 Å². The molecule has 5 rings (SSSR count). The van der Waals surface area contributed by atoms with E-state index in [1.165, 1.54) is 7.11 Å². The van der Waals surface area contributed by atoms with Crippen LogP contribution in [-0.4, -0.2) is 84.9 Å². The number of hydrogen-bond donors (Lipinski definition) is 2. The molecule has 2 saturated heterocycles. The number of esters is 1. The van der Waals surface area contributed by atoms with Crippen LogP contribution in [0.4, 0.5) is 4.79 Å². The van der Waals surface area contributed by atoms with Crippen molar-refractivity contribution in [1.82, 2.24) is 5.32 Å². The zero-order valence-corrected chi connectivity index (χ0v) is 32.2. The predicted molar refractivity (Wildman–Crippen MR) is 185 cm³/mol. The minimum atomic E-state index is -1.18. The fourth-order valence-corrected chi connectivity index (χ4v) is 11.2. The largest absolute Gasteiger partial charge is 0.456 e. The van der Waals surface area contributed by atoms with Gasteiger partial charge in [-0.15, -0.1) is 0 Å². The second-order valence-corrected chi connectivity index (χ2v) is 18.0. The van der Waals surface area contributed by atoms with Crippen molar-refractivity contribution >= 4 is 12.1 Å². The Kier molecular flexibility index (Phi) is 10.1. The molecule has 2 saturated carbocycles. The third-order valence-electron chi connectivity index (χ3n) is 12.9. The van der Waals surface area contributed by atoms with Crippen LogP contribution in [0.3, 0.4) is 0 Å². The molecule has 278 valence electrons. The molecule has 10 heteroatoms. The first-order valence-electron chi connectivity index (χ1n) is 18.3. The number of aliphatic hydroxyl groups is 1. The van der Waals surface area contributed by atoms with Crippen molar-refractivity contribution < 1.29 is 43.1 Å². The number of alkyl carbamates (subject to hydrolysis) is 1. The van der Waals surface area contributed by atoms with E-state index in [1.807, 2.05) is 34.6 Å². The number of fused-ring (bicyclic) bond motifs is 3. The fourth-order valence-electron chi connectivity index (χ4n) is 11.2. The molecule has 0 aromatic carbocycles. The quantitative estimate of drug-likeness (QED) is 0.211. The number of amides is 1. The number of ether oxygens (including phenoxy) is 6. The molecule has 1 unspecified atom stereocenters. The Morgan fingerprint density at radius 3 is 2.29 bits per heavy atom. The summed E-state index contributed by atoms with van der Waals surface area (Å²) in [6.07, 6.45) is 0.248. The molecule has 2 N–H and O–H groups in total. The highest BCUT2D eigenvalue weighted by atomic mass is 16.7. The van der Waals surface area contributed by atoms with Crippen molar-refractivity contribution in [2.75, 3.05) is 13.7 Å². The summed E-state index contributed by atoms with van der Waals surface area (Å²) in [4.78, 5) is 27.0. The van der Waals surface area contributed by atoms with E-state index >= 15 is 0 Å². The smallest absolute Gasteiger partial charge is 0.407 e. The molecule has 0 bridgehead atoms. The van der Waals surface area contributed by atoms with Crippen LogP contribution in [0.2, 0.25) is 0 Å². The lowest BCUT2D eigenvalue weighted by atomic mass is 9.44. The minimum absolute atomic E-state index is 0.0379. The van der Waals surface area contributed by atoms with Crippen LogP contribution in [0.5, 0.6) is 0 Å². The summed E-state index contributed by atoms with van der Waals surface area (Å²) >= 11 is 0. The van der Waals surface area contributed by atoms with Gasteiger partial charge in [0.15, 0.2) is 12.4 Å². The molecule has 0 spiro atoms. The summed E-state index contributed by atoms with van der Waals surface area (Å²) in [5.74, 6) is -0.509. The standard InChI is InChI=1S/C39H63NO9/c1-15-28-47-27-17-26-37(12,19-45-26)31-23(6)39(36(10,11)43)18-25(21(4)29(39)22(5)32(48-28)38(27,31)13)46-33(41)30(44-14)24(16-20(2)3)40-34(42)49-35(7,8)9/h15,20,22-28,30-32,43H,1,16-19H2,2-14H3,(H,40,42)/t22-,23-,24-,25?,26+,27-,28-,30+,31+,32-,37+,38+,39+/m0/s1. The van der Waals surface area contributed by atoms with Gasteiger partial charge < -0.3 is 38.8 Å². The Balaban J connectivity index is 1.55. The molecule has 10 nitrogen and oxygen atoms in total. The second-order valence-electron chi connectivity index (χ2n) is 18.0. The van der Waals surface area contributed by atoms with Crippen molar-refractivity contribution in [3.63, 3.8) is 0 Å². The molecule has 0 radical (unpaired) electrons. The third-order valence-corrected chi connectivity index (χ3v) is 12.9. The number of carbonyl (C=O) groups is 2. The third kappa shape index (κ3) is 6.09. The van der Waals surface area contributed by atoms with Gasteiger partial charge in [-0.3, -0.25) is 0 Å². The van der Waals surface area contributed by atoms with E-state index in [-0.39, 0.29) is 52.8 Å². The van der Waals surface area contributed by atoms with Crippen LogP contribution in [0.15, 0.2) is 23.8 Å². The fraction of sp³-hybridized carbons (Fsp3) is 0.846. The Hall–Kier alpha value is -1.98. The summed E-state index contributed by atoms with van der Waals surface area (Å²) in [5, 5.41) is 15.3. The van der Waals surface area contributed by atoms with Gasteiger partial charge >= 0.3 is 12.1 Å². The molecule has 49 heavy (non-hydrogen) atoms. The van der Waals surface area contributed by atoms with Crippen molar-refractivity contribution in [3.8, 4) is 0 Å². The van der Waals surface area contributed by atoms with E-state index in [9.17, 15) is 14.7 Å². The SMILES string of the molecule is C=C[C@H]1O[C@H]2C[C@H]3OC[C@@]3(C)[C@H]3[C@H](C)[C@]4(C(C)(C)O)CC(OC(=O)[C@H](OC)[C@H](CC(C)C)NC(=O)OC(C)(C)C)C(C)=C4[C@H](C)[C@H](O1)[C@]23C. The summed E-state index contributed by atoms with van der Waals surface area (Å²) in [5.41, 5.74) is -1.12. The topological polar surface area (TPSA) is 122 Å². The highest BCUT2D eigenvalue weighted by molar-refractivity contribution is 5.78. The van der Waals surface area contributed by atoms with Crippen LogP contribution in [0.25, 0.3) is 0 Å². The first-order valence-corrected chi connectivity index (χ1v) is 18.3. The van der Waals surface area contributed by atoms with Gasteiger partial charge in [0.2, 0.25) is 0 Å². The van der Waals surface area contributed by atoms with E-state index in [4.69, 9.17) is 28.4 Å². The van der Waals surface area contributed by atoms with Crippen molar-refractivity contribution in [2.45, 2.75) is 156 Å². The molecule has 13 atom stereocenters. The second kappa shape index (κ2) is 12.9. The van der Waals surface area contributed by atoms with Gasteiger partial charge in [0.25, 0.3) is 0 Å². The van der Waals surface area contributed by atoms with Gasteiger partial charge in [0.05, 0.1) is 36.6 Å². The predicted octanol–water partition coefficient (Wildman–Crippen LogP) is 6.34. The Bertz CT molecular complexity index is 1330. The number of nitrogens with one attached hydrogen (secondary N) is 1. The Morgan fingerprint density at radius 2 is 1.78 bits per heavy atom. The van der Waals surface area contributed by atoms with Crippen molar-refractivity contribution in [1.29, 1.82) is 0 Å². The minimum Gasteiger partial charge on any atom is -0.456 e. The molecular weight excluding hydrogens is 626 g/mol.